The number of hydrogen-bond acceptors (Lipinski definition) is 2. The molecule has 0 aromatic carbocycles. The van der Waals surface area contributed by atoms with E-state index >= 15 is 0 Å². The Bertz CT molecular complexity index is 119. The molecule has 10 heavy (non-hydrogen) atoms. The van der Waals surface area contributed by atoms with Gasteiger partial charge in [-0.15, -0.1) is 0 Å². The van der Waals surface area contributed by atoms with Gasteiger partial charge in [-0.3, -0.25) is 9.32 Å². The summed E-state index contributed by atoms with van der Waals surface area (Å²) in [4.78, 5) is 12.6. The van der Waals surface area contributed by atoms with Crippen LogP contribution in [0.3, 0.4) is 0 Å². The minimum absolute atomic E-state index is 0.274. The van der Waals surface area contributed by atoms with E-state index in [1.165, 1.54) is 0 Å². The van der Waals surface area contributed by atoms with Crippen LogP contribution < -0.4 is 0 Å². The van der Waals surface area contributed by atoms with Crippen molar-refractivity contribution in [3.8, 4) is 0 Å². The van der Waals surface area contributed by atoms with Crippen molar-refractivity contribution in [1.29, 1.82) is 0 Å². The molecule has 0 aromatic rings. The third kappa shape index (κ3) is 3.35. The average molecular weight is 144 g/mol. The van der Waals surface area contributed by atoms with Gasteiger partial charge in [-0.25, -0.2) is 0 Å². The number of likely N-dealkylation sites (N-methyl/N-ethyl adjacent to an activating group) is 1. The molecule has 0 saturated heterocycles. The molecule has 3 heteroatoms. The van der Waals surface area contributed by atoms with Crippen LogP contribution in [-0.2, 0) is 9.22 Å². The molecule has 0 unspecified atom stereocenters. The molecule has 0 fully saturated rings. The van der Waals surface area contributed by atoms with Gasteiger partial charge in [0.1, 0.15) is 0 Å². The van der Waals surface area contributed by atoms with Crippen LogP contribution in [0.5, 0.6) is 0 Å². The van der Waals surface area contributed by atoms with E-state index < -0.39 is 0 Å². The Hall–Kier alpha value is -0.700. The summed E-state index contributed by atoms with van der Waals surface area (Å²) in [5, 5.41) is 0. The van der Waals surface area contributed by atoms with E-state index in [-0.39, 0.29) is 5.97 Å². The standard InChI is InChI=1S/C7H14NO2/c1-4-8(5-2)6-7(9)10-3/h3-6H2,1-2H3/q+1. The van der Waals surface area contributed by atoms with Crippen molar-refractivity contribution in [2.24, 2.45) is 0 Å². The Labute approximate surface area is 61.3 Å². The van der Waals surface area contributed by atoms with Crippen LogP contribution in [0.15, 0.2) is 0 Å². The van der Waals surface area contributed by atoms with Crippen LogP contribution in [0, 0.1) is 0 Å². The highest BCUT2D eigenvalue weighted by Gasteiger charge is 2.15. The molecule has 0 rings (SSSR count). The minimum Gasteiger partial charge on any atom is -0.288 e. The molecule has 3 nitrogen and oxygen atoms in total. The smallest absolute Gasteiger partial charge is 0.288 e. The SMILES string of the molecule is C=[O+]C(=O)CN(CC)CC. The van der Waals surface area contributed by atoms with E-state index in [2.05, 4.69) is 11.2 Å². The molecule has 0 amide bonds. The fraction of sp³-hybridized carbons (Fsp3) is 0.714. The van der Waals surface area contributed by atoms with Crippen molar-refractivity contribution < 1.29 is 9.22 Å². The highest BCUT2D eigenvalue weighted by atomic mass is 16.4. The fourth-order valence-corrected chi connectivity index (χ4v) is 0.675. The van der Waals surface area contributed by atoms with E-state index in [0.717, 1.165) is 13.1 Å². The van der Waals surface area contributed by atoms with E-state index in [4.69, 9.17) is 0 Å². The summed E-state index contributed by atoms with van der Waals surface area (Å²) < 4.78 is 4.25. The summed E-state index contributed by atoms with van der Waals surface area (Å²) in [5.41, 5.74) is 0. The summed E-state index contributed by atoms with van der Waals surface area (Å²) in [6, 6.07) is 0. The second-order valence-corrected chi connectivity index (χ2v) is 1.98. The Morgan fingerprint density at radius 1 is 1.50 bits per heavy atom. The Morgan fingerprint density at radius 3 is 2.30 bits per heavy atom. The second kappa shape index (κ2) is 5.11. The maximum Gasteiger partial charge on any atom is 0.593 e. The van der Waals surface area contributed by atoms with Crippen LogP contribution in [-0.4, -0.2) is 37.3 Å². The van der Waals surface area contributed by atoms with Gasteiger partial charge in [0.25, 0.3) is 0 Å². The quantitative estimate of drug-likeness (QED) is 0.528. The highest BCUT2D eigenvalue weighted by molar-refractivity contribution is 5.68. The van der Waals surface area contributed by atoms with Gasteiger partial charge in [0.2, 0.25) is 0 Å². The Morgan fingerprint density at radius 2 is 2.00 bits per heavy atom. The minimum atomic E-state index is -0.274. The van der Waals surface area contributed by atoms with Crippen molar-refractivity contribution in [2.75, 3.05) is 19.6 Å². The summed E-state index contributed by atoms with van der Waals surface area (Å²) in [6.45, 7) is 9.11. The fourth-order valence-electron chi connectivity index (χ4n) is 0.675. The van der Waals surface area contributed by atoms with Gasteiger partial charge in [-0.2, -0.15) is 0 Å². The van der Waals surface area contributed by atoms with E-state index in [1.54, 1.807) is 0 Å². The van der Waals surface area contributed by atoms with Gasteiger partial charge in [0, 0.05) is 0 Å². The zero-order chi connectivity index (χ0) is 7.98. The zero-order valence-corrected chi connectivity index (χ0v) is 6.59. The zero-order valence-electron chi connectivity index (χ0n) is 6.59. The normalized spacial score (nSPS) is 9.90. The first-order valence-corrected chi connectivity index (χ1v) is 3.41. The van der Waals surface area contributed by atoms with E-state index in [0.29, 0.717) is 6.54 Å². The van der Waals surface area contributed by atoms with Gasteiger partial charge in [0.15, 0.2) is 13.3 Å². The summed E-state index contributed by atoms with van der Waals surface area (Å²) in [5.74, 6) is -0.274. The Kier molecular flexibility index (Phi) is 4.76. The monoisotopic (exact) mass is 144 g/mol. The average Bonchev–Trinajstić information content (AvgIpc) is 1.99. The number of rotatable bonds is 4. The lowest BCUT2D eigenvalue weighted by molar-refractivity contribution is -0.369. The third-order valence-corrected chi connectivity index (χ3v) is 1.41. The largest absolute Gasteiger partial charge is 0.593 e. The lowest BCUT2D eigenvalue weighted by atomic mass is 10.5. The van der Waals surface area contributed by atoms with Crippen molar-refractivity contribution in [3.05, 3.63) is 0 Å². The lowest BCUT2D eigenvalue weighted by Gasteiger charge is -2.10. The molecule has 58 valence electrons. The molecule has 0 N–H and O–H groups in total. The Balaban J connectivity index is 3.62. The molecule has 0 saturated carbocycles. The van der Waals surface area contributed by atoms with Gasteiger partial charge in [-0.1, -0.05) is 13.8 Å². The van der Waals surface area contributed by atoms with Crippen molar-refractivity contribution in [1.82, 2.24) is 4.90 Å². The predicted molar refractivity (Wildman–Crippen MR) is 39.9 cm³/mol. The van der Waals surface area contributed by atoms with Crippen LogP contribution in [0.1, 0.15) is 13.8 Å². The van der Waals surface area contributed by atoms with Crippen molar-refractivity contribution in [3.63, 3.8) is 0 Å². The number of nitrogens with zero attached hydrogens (tertiary/aromatic N) is 1. The topological polar surface area (TPSA) is 31.6 Å². The van der Waals surface area contributed by atoms with Gasteiger partial charge in [-0.05, 0) is 13.1 Å². The first-order valence-electron chi connectivity index (χ1n) is 3.41. The van der Waals surface area contributed by atoms with Crippen LogP contribution in [0.25, 0.3) is 0 Å². The molecule has 0 aliphatic rings. The number of hydrogen-bond donors (Lipinski definition) is 0. The van der Waals surface area contributed by atoms with E-state index in [9.17, 15) is 4.79 Å². The van der Waals surface area contributed by atoms with Gasteiger partial charge in [0.05, 0.1) is 4.79 Å². The molecule has 0 spiro atoms. The van der Waals surface area contributed by atoms with Gasteiger partial charge < -0.3 is 0 Å². The molecule has 0 atom stereocenters. The highest BCUT2D eigenvalue weighted by Crippen LogP contribution is 1.85. The van der Waals surface area contributed by atoms with Crippen LogP contribution >= 0.6 is 0 Å². The molecular weight excluding hydrogens is 130 g/mol. The second-order valence-electron chi connectivity index (χ2n) is 1.98. The van der Waals surface area contributed by atoms with Crippen molar-refractivity contribution >= 4 is 12.8 Å². The first-order chi connectivity index (χ1) is 4.74. The molecule has 0 aromatic heterocycles. The van der Waals surface area contributed by atoms with Crippen molar-refractivity contribution in [2.45, 2.75) is 13.8 Å². The lowest BCUT2D eigenvalue weighted by Crippen LogP contribution is -2.29. The summed E-state index contributed by atoms with van der Waals surface area (Å²) in [7, 11) is 0. The molecule has 0 bridgehead atoms. The molecule has 0 aliphatic heterocycles. The summed E-state index contributed by atoms with van der Waals surface area (Å²) in [6.07, 6.45) is 0. The first kappa shape index (κ1) is 9.30. The molecule has 0 radical (unpaired) electrons. The molecule has 0 heterocycles. The summed E-state index contributed by atoms with van der Waals surface area (Å²) >= 11 is 0. The predicted octanol–water partition coefficient (Wildman–Crippen LogP) is 0.219. The molecule has 0 aliphatic carbocycles. The van der Waals surface area contributed by atoms with E-state index in [1.807, 2.05) is 18.7 Å². The third-order valence-electron chi connectivity index (χ3n) is 1.41. The van der Waals surface area contributed by atoms with Crippen LogP contribution in [0.2, 0.25) is 0 Å². The molecular formula is C7H14NO2+. The maximum atomic E-state index is 10.6. The maximum absolute atomic E-state index is 10.6. The van der Waals surface area contributed by atoms with Gasteiger partial charge >= 0.3 is 5.97 Å². The van der Waals surface area contributed by atoms with Crippen LogP contribution in [0.4, 0.5) is 0 Å². The number of carbonyl (C=O) groups excluding carboxylic acids is 2. The number of carbonyl (C=O) groups is 1.